The summed E-state index contributed by atoms with van der Waals surface area (Å²) < 4.78 is 12.9. The van der Waals surface area contributed by atoms with Gasteiger partial charge in [0.15, 0.2) is 0 Å². The number of carbonyl (C=O) groups is 1. The topological polar surface area (TPSA) is 49.3 Å². The number of benzene rings is 1. The van der Waals surface area contributed by atoms with Crippen LogP contribution in [0.3, 0.4) is 0 Å². The molecule has 1 aromatic carbocycles. The van der Waals surface area contributed by atoms with Crippen LogP contribution in [0.15, 0.2) is 41.8 Å². The van der Waals surface area contributed by atoms with Crippen LogP contribution < -0.4 is 5.32 Å². The van der Waals surface area contributed by atoms with Crippen molar-refractivity contribution in [1.29, 1.82) is 0 Å². The number of carbonyl (C=O) groups excluding carboxylic acids is 1. The third-order valence-corrected chi connectivity index (χ3v) is 4.20. The largest absolute Gasteiger partial charge is 0.392 e. The maximum atomic E-state index is 12.9. The Balaban J connectivity index is 1.98. The second-order valence-electron chi connectivity index (χ2n) is 4.87. The summed E-state index contributed by atoms with van der Waals surface area (Å²) in [5, 5.41) is 13.8. The summed E-state index contributed by atoms with van der Waals surface area (Å²) >= 11 is 1.47. The van der Waals surface area contributed by atoms with E-state index in [1.165, 1.54) is 29.5 Å². The molecule has 1 heterocycles. The minimum absolute atomic E-state index is 0.000980. The number of aliphatic hydroxyl groups is 1. The number of hydrogen-bond acceptors (Lipinski definition) is 3. The zero-order valence-corrected chi connectivity index (χ0v) is 13.1. The fourth-order valence-electron chi connectivity index (χ4n) is 2.06. The van der Waals surface area contributed by atoms with E-state index in [4.69, 9.17) is 5.11 Å². The molecule has 2 rings (SSSR count). The Labute approximate surface area is 133 Å². The standard InChI is InChI=1S/C17H18FNO2S/c1-2-16(13-3-5-14(18)6-4-13)19-17(21)8-7-15-9-12(10-20)11-22-15/h3-9,11,16,20H,2,10H2,1H3,(H,19,21). The molecular weight excluding hydrogens is 301 g/mol. The second-order valence-corrected chi connectivity index (χ2v) is 5.81. The SMILES string of the molecule is CCC(NC(=O)C=Cc1cc(CO)cs1)c1ccc(F)cc1. The molecule has 1 aromatic heterocycles. The summed E-state index contributed by atoms with van der Waals surface area (Å²) in [5.41, 5.74) is 1.71. The first-order valence-electron chi connectivity index (χ1n) is 7.04. The van der Waals surface area contributed by atoms with E-state index in [-0.39, 0.29) is 24.4 Å². The van der Waals surface area contributed by atoms with Gasteiger partial charge in [-0.25, -0.2) is 4.39 Å². The Morgan fingerprint density at radius 1 is 1.41 bits per heavy atom. The Morgan fingerprint density at radius 2 is 2.14 bits per heavy atom. The Hall–Kier alpha value is -1.98. The van der Waals surface area contributed by atoms with E-state index in [1.54, 1.807) is 18.2 Å². The molecule has 1 amide bonds. The molecule has 0 aliphatic rings. The lowest BCUT2D eigenvalue weighted by Crippen LogP contribution is -2.26. The third-order valence-electron chi connectivity index (χ3n) is 3.25. The van der Waals surface area contributed by atoms with Crippen LogP contribution in [0.2, 0.25) is 0 Å². The Kier molecular flexibility index (Phi) is 5.86. The molecule has 0 aliphatic heterocycles. The van der Waals surface area contributed by atoms with Gasteiger partial charge in [0.2, 0.25) is 5.91 Å². The van der Waals surface area contributed by atoms with Crippen LogP contribution in [0, 0.1) is 5.82 Å². The van der Waals surface area contributed by atoms with E-state index in [2.05, 4.69) is 5.32 Å². The molecule has 3 nitrogen and oxygen atoms in total. The molecule has 1 unspecified atom stereocenters. The monoisotopic (exact) mass is 319 g/mol. The molecular formula is C17H18FNO2S. The van der Waals surface area contributed by atoms with E-state index in [9.17, 15) is 9.18 Å². The van der Waals surface area contributed by atoms with Gasteiger partial charge in [-0.15, -0.1) is 11.3 Å². The smallest absolute Gasteiger partial charge is 0.244 e. The first-order chi connectivity index (χ1) is 10.6. The number of thiophene rings is 1. The van der Waals surface area contributed by atoms with E-state index in [0.717, 1.165) is 22.4 Å². The van der Waals surface area contributed by atoms with Crippen LogP contribution in [0.4, 0.5) is 4.39 Å². The summed E-state index contributed by atoms with van der Waals surface area (Å²) in [5.74, 6) is -0.489. The van der Waals surface area contributed by atoms with Gasteiger partial charge in [-0.3, -0.25) is 4.79 Å². The lowest BCUT2D eigenvalue weighted by atomic mass is 10.0. The minimum Gasteiger partial charge on any atom is -0.392 e. The highest BCUT2D eigenvalue weighted by atomic mass is 32.1. The number of amides is 1. The summed E-state index contributed by atoms with van der Waals surface area (Å²) in [7, 11) is 0. The highest BCUT2D eigenvalue weighted by Gasteiger charge is 2.11. The molecule has 2 N–H and O–H groups in total. The maximum Gasteiger partial charge on any atom is 0.244 e. The predicted molar refractivity (Wildman–Crippen MR) is 86.9 cm³/mol. The van der Waals surface area contributed by atoms with Crippen LogP contribution in [0.25, 0.3) is 6.08 Å². The molecule has 22 heavy (non-hydrogen) atoms. The molecule has 0 saturated carbocycles. The molecule has 116 valence electrons. The lowest BCUT2D eigenvalue weighted by molar-refractivity contribution is -0.117. The Bertz CT molecular complexity index is 649. The number of nitrogens with one attached hydrogen (secondary N) is 1. The maximum absolute atomic E-state index is 12.9. The molecule has 0 saturated heterocycles. The summed E-state index contributed by atoms with van der Waals surface area (Å²) in [6.45, 7) is 1.96. The van der Waals surface area contributed by atoms with E-state index >= 15 is 0 Å². The van der Waals surface area contributed by atoms with Gasteiger partial charge in [-0.1, -0.05) is 19.1 Å². The number of aliphatic hydroxyl groups excluding tert-OH is 1. The van der Waals surface area contributed by atoms with Gasteiger partial charge in [-0.2, -0.15) is 0 Å². The van der Waals surface area contributed by atoms with Crippen LogP contribution >= 0.6 is 11.3 Å². The fourth-order valence-corrected chi connectivity index (χ4v) is 2.85. The fraction of sp³-hybridized carbons (Fsp3) is 0.235. The average molecular weight is 319 g/mol. The zero-order chi connectivity index (χ0) is 15.9. The van der Waals surface area contributed by atoms with Crippen molar-refractivity contribution < 1.29 is 14.3 Å². The van der Waals surface area contributed by atoms with Crippen molar-refractivity contribution in [3.63, 3.8) is 0 Å². The van der Waals surface area contributed by atoms with Crippen LogP contribution in [-0.2, 0) is 11.4 Å². The minimum atomic E-state index is -0.290. The number of hydrogen-bond donors (Lipinski definition) is 2. The molecule has 5 heteroatoms. The molecule has 0 radical (unpaired) electrons. The van der Waals surface area contributed by atoms with Gasteiger partial charge in [0.05, 0.1) is 12.6 Å². The number of halogens is 1. The van der Waals surface area contributed by atoms with Crippen molar-refractivity contribution in [3.8, 4) is 0 Å². The highest BCUT2D eigenvalue weighted by molar-refractivity contribution is 7.11. The first kappa shape index (κ1) is 16.4. The quantitative estimate of drug-likeness (QED) is 0.798. The summed E-state index contributed by atoms with van der Waals surface area (Å²) in [4.78, 5) is 12.9. The van der Waals surface area contributed by atoms with Gasteiger partial charge in [0, 0.05) is 11.0 Å². The van der Waals surface area contributed by atoms with Gasteiger partial charge in [0.1, 0.15) is 5.82 Å². The average Bonchev–Trinajstić information content (AvgIpc) is 2.99. The summed E-state index contributed by atoms with van der Waals surface area (Å²) in [6.07, 6.45) is 3.91. The lowest BCUT2D eigenvalue weighted by Gasteiger charge is -2.16. The van der Waals surface area contributed by atoms with Crippen molar-refractivity contribution in [2.24, 2.45) is 0 Å². The van der Waals surface area contributed by atoms with Crippen molar-refractivity contribution in [2.45, 2.75) is 26.0 Å². The molecule has 0 bridgehead atoms. The van der Waals surface area contributed by atoms with Gasteiger partial charge in [-0.05, 0) is 47.2 Å². The van der Waals surface area contributed by atoms with Crippen molar-refractivity contribution in [3.05, 3.63) is 63.6 Å². The van der Waals surface area contributed by atoms with Crippen molar-refractivity contribution in [1.82, 2.24) is 5.32 Å². The Morgan fingerprint density at radius 3 is 2.73 bits per heavy atom. The van der Waals surface area contributed by atoms with Crippen molar-refractivity contribution in [2.75, 3.05) is 0 Å². The molecule has 0 fully saturated rings. The molecule has 0 spiro atoms. The van der Waals surface area contributed by atoms with Crippen LogP contribution in [0.5, 0.6) is 0 Å². The van der Waals surface area contributed by atoms with E-state index < -0.39 is 0 Å². The van der Waals surface area contributed by atoms with Crippen LogP contribution in [-0.4, -0.2) is 11.0 Å². The molecule has 2 aromatic rings. The van der Waals surface area contributed by atoms with E-state index in [0.29, 0.717) is 0 Å². The molecule has 1 atom stereocenters. The van der Waals surface area contributed by atoms with Gasteiger partial charge >= 0.3 is 0 Å². The second kappa shape index (κ2) is 7.87. The third kappa shape index (κ3) is 4.51. The van der Waals surface area contributed by atoms with Crippen molar-refractivity contribution >= 4 is 23.3 Å². The molecule has 0 aliphatic carbocycles. The zero-order valence-electron chi connectivity index (χ0n) is 12.3. The normalized spacial score (nSPS) is 12.5. The van der Waals surface area contributed by atoms with Gasteiger partial charge < -0.3 is 10.4 Å². The first-order valence-corrected chi connectivity index (χ1v) is 7.92. The predicted octanol–water partition coefficient (Wildman–Crippen LogP) is 3.66. The van der Waals surface area contributed by atoms with E-state index in [1.807, 2.05) is 18.4 Å². The number of rotatable bonds is 6. The van der Waals surface area contributed by atoms with Crippen LogP contribution in [0.1, 0.15) is 35.4 Å². The summed E-state index contributed by atoms with van der Waals surface area (Å²) in [6, 6.07) is 7.84. The highest BCUT2D eigenvalue weighted by Crippen LogP contribution is 2.18. The van der Waals surface area contributed by atoms with Gasteiger partial charge in [0.25, 0.3) is 0 Å².